The zero-order valence-corrected chi connectivity index (χ0v) is 16.0. The van der Waals surface area contributed by atoms with E-state index in [2.05, 4.69) is 50.4 Å². The number of rotatable bonds is 5. The van der Waals surface area contributed by atoms with E-state index in [1.54, 1.807) is 0 Å². The molecule has 0 spiro atoms. The standard InChI is InChI=1S/C21H21BrN2O2/c22-17-3-1-16(2-4-17)21-10-9-20(26-21)15-23-18-5-7-19(8-6-18)24-11-13-25-14-12-24/h1-10,23H,11-15H2. The Morgan fingerprint density at radius 1 is 0.885 bits per heavy atom. The second kappa shape index (κ2) is 7.98. The molecule has 5 heteroatoms. The van der Waals surface area contributed by atoms with Crippen molar-refractivity contribution < 1.29 is 9.15 Å². The highest BCUT2D eigenvalue weighted by Crippen LogP contribution is 2.25. The van der Waals surface area contributed by atoms with Crippen LogP contribution in [0.3, 0.4) is 0 Å². The van der Waals surface area contributed by atoms with Crippen molar-refractivity contribution in [3.63, 3.8) is 0 Å². The normalized spacial score (nSPS) is 14.4. The van der Waals surface area contributed by atoms with Crippen molar-refractivity contribution in [3.8, 4) is 11.3 Å². The molecule has 1 aromatic heterocycles. The molecular weight excluding hydrogens is 392 g/mol. The molecular formula is C21H21BrN2O2. The molecule has 2 aromatic carbocycles. The number of benzene rings is 2. The van der Waals surface area contributed by atoms with Gasteiger partial charge in [0.2, 0.25) is 0 Å². The van der Waals surface area contributed by atoms with Crippen LogP contribution in [0.25, 0.3) is 11.3 Å². The summed E-state index contributed by atoms with van der Waals surface area (Å²) in [4.78, 5) is 2.35. The van der Waals surface area contributed by atoms with E-state index >= 15 is 0 Å². The minimum Gasteiger partial charge on any atom is -0.459 e. The van der Waals surface area contributed by atoms with Crippen LogP contribution in [0.5, 0.6) is 0 Å². The molecule has 0 bridgehead atoms. The molecule has 0 unspecified atom stereocenters. The lowest BCUT2D eigenvalue weighted by Crippen LogP contribution is -2.36. The van der Waals surface area contributed by atoms with E-state index in [0.29, 0.717) is 6.54 Å². The fourth-order valence-electron chi connectivity index (χ4n) is 3.04. The average Bonchev–Trinajstić information content (AvgIpc) is 3.17. The van der Waals surface area contributed by atoms with Crippen molar-refractivity contribution in [3.05, 3.63) is 70.9 Å². The number of nitrogens with zero attached hydrogens (tertiary/aromatic N) is 1. The van der Waals surface area contributed by atoms with E-state index in [4.69, 9.17) is 9.15 Å². The Morgan fingerprint density at radius 2 is 1.62 bits per heavy atom. The van der Waals surface area contributed by atoms with Crippen LogP contribution in [-0.2, 0) is 11.3 Å². The Hall–Kier alpha value is -2.24. The first kappa shape index (κ1) is 17.2. The van der Waals surface area contributed by atoms with Gasteiger partial charge < -0.3 is 19.4 Å². The molecule has 4 rings (SSSR count). The van der Waals surface area contributed by atoms with E-state index in [-0.39, 0.29) is 0 Å². The Labute approximate surface area is 161 Å². The number of ether oxygens (including phenoxy) is 1. The fourth-order valence-corrected chi connectivity index (χ4v) is 3.31. The van der Waals surface area contributed by atoms with Gasteiger partial charge in [-0.1, -0.05) is 28.1 Å². The van der Waals surface area contributed by atoms with Crippen LogP contribution in [0.1, 0.15) is 5.76 Å². The number of hydrogen-bond donors (Lipinski definition) is 1. The molecule has 0 aliphatic carbocycles. The lowest BCUT2D eigenvalue weighted by molar-refractivity contribution is 0.122. The van der Waals surface area contributed by atoms with Crippen LogP contribution in [0.15, 0.2) is 69.6 Å². The highest BCUT2D eigenvalue weighted by molar-refractivity contribution is 9.10. The third-order valence-corrected chi connectivity index (χ3v) is 5.03. The van der Waals surface area contributed by atoms with Crippen molar-refractivity contribution in [1.82, 2.24) is 0 Å². The van der Waals surface area contributed by atoms with Gasteiger partial charge in [-0.15, -0.1) is 0 Å². The lowest BCUT2D eigenvalue weighted by Gasteiger charge is -2.28. The van der Waals surface area contributed by atoms with Gasteiger partial charge in [0.15, 0.2) is 0 Å². The molecule has 1 aliphatic heterocycles. The number of morpholine rings is 1. The van der Waals surface area contributed by atoms with E-state index in [0.717, 1.165) is 53.5 Å². The van der Waals surface area contributed by atoms with Crippen LogP contribution >= 0.6 is 15.9 Å². The summed E-state index contributed by atoms with van der Waals surface area (Å²) in [5.74, 6) is 1.80. The molecule has 26 heavy (non-hydrogen) atoms. The van der Waals surface area contributed by atoms with Gasteiger partial charge in [0.25, 0.3) is 0 Å². The Balaban J connectivity index is 1.36. The van der Waals surface area contributed by atoms with Crippen LogP contribution in [-0.4, -0.2) is 26.3 Å². The van der Waals surface area contributed by atoms with E-state index in [1.165, 1.54) is 5.69 Å². The second-order valence-electron chi connectivity index (χ2n) is 6.27. The molecule has 0 saturated carbocycles. The Bertz CT molecular complexity index is 837. The van der Waals surface area contributed by atoms with E-state index in [9.17, 15) is 0 Å². The predicted molar refractivity (Wildman–Crippen MR) is 109 cm³/mol. The molecule has 1 N–H and O–H groups in total. The number of furan rings is 1. The maximum Gasteiger partial charge on any atom is 0.134 e. The SMILES string of the molecule is Brc1ccc(-c2ccc(CNc3ccc(N4CCOCC4)cc3)o2)cc1. The van der Waals surface area contributed by atoms with Crippen molar-refractivity contribution in [2.45, 2.75) is 6.54 Å². The molecule has 134 valence electrons. The van der Waals surface area contributed by atoms with Gasteiger partial charge in [0.1, 0.15) is 11.5 Å². The second-order valence-corrected chi connectivity index (χ2v) is 7.19. The maximum atomic E-state index is 5.95. The third-order valence-electron chi connectivity index (χ3n) is 4.50. The van der Waals surface area contributed by atoms with Gasteiger partial charge in [0, 0.05) is 34.5 Å². The minimum absolute atomic E-state index is 0.660. The molecule has 0 atom stereocenters. The third kappa shape index (κ3) is 4.11. The van der Waals surface area contributed by atoms with Gasteiger partial charge in [0.05, 0.1) is 19.8 Å². The van der Waals surface area contributed by atoms with Crippen molar-refractivity contribution in [2.24, 2.45) is 0 Å². The van der Waals surface area contributed by atoms with Crippen LogP contribution in [0, 0.1) is 0 Å². The van der Waals surface area contributed by atoms with E-state index in [1.807, 2.05) is 36.4 Å². The maximum absolute atomic E-state index is 5.95. The van der Waals surface area contributed by atoms with Crippen LogP contribution in [0.2, 0.25) is 0 Å². The van der Waals surface area contributed by atoms with Crippen LogP contribution < -0.4 is 10.2 Å². The number of hydrogen-bond acceptors (Lipinski definition) is 4. The number of anilines is 2. The van der Waals surface area contributed by atoms with Crippen LogP contribution in [0.4, 0.5) is 11.4 Å². The first-order valence-corrected chi connectivity index (χ1v) is 9.58. The molecule has 3 aromatic rings. The molecule has 2 heterocycles. The summed E-state index contributed by atoms with van der Waals surface area (Å²) in [5, 5.41) is 3.42. The van der Waals surface area contributed by atoms with Gasteiger partial charge in [-0.05, 0) is 48.5 Å². The summed E-state index contributed by atoms with van der Waals surface area (Å²) in [6, 6.07) is 20.7. The zero-order valence-electron chi connectivity index (χ0n) is 14.5. The fraction of sp³-hybridized carbons (Fsp3) is 0.238. The molecule has 4 nitrogen and oxygen atoms in total. The summed E-state index contributed by atoms with van der Waals surface area (Å²) >= 11 is 3.45. The quantitative estimate of drug-likeness (QED) is 0.627. The summed E-state index contributed by atoms with van der Waals surface area (Å²) in [6.45, 7) is 4.18. The summed E-state index contributed by atoms with van der Waals surface area (Å²) < 4.78 is 12.4. The topological polar surface area (TPSA) is 37.6 Å². The highest BCUT2D eigenvalue weighted by atomic mass is 79.9. The predicted octanol–water partition coefficient (Wildman–Crippen LogP) is 5.16. The van der Waals surface area contributed by atoms with Gasteiger partial charge in [-0.25, -0.2) is 0 Å². The van der Waals surface area contributed by atoms with Crippen molar-refractivity contribution >= 4 is 27.3 Å². The Kier molecular flexibility index (Phi) is 5.27. The molecule has 1 aliphatic rings. The first-order valence-electron chi connectivity index (χ1n) is 8.79. The molecule has 0 amide bonds. The van der Waals surface area contributed by atoms with Crippen molar-refractivity contribution in [2.75, 3.05) is 36.5 Å². The first-order chi connectivity index (χ1) is 12.8. The van der Waals surface area contributed by atoms with Crippen molar-refractivity contribution in [1.29, 1.82) is 0 Å². The smallest absolute Gasteiger partial charge is 0.134 e. The molecule has 1 fully saturated rings. The lowest BCUT2D eigenvalue weighted by atomic mass is 10.2. The average molecular weight is 413 g/mol. The Morgan fingerprint density at radius 3 is 2.35 bits per heavy atom. The largest absolute Gasteiger partial charge is 0.459 e. The molecule has 0 radical (unpaired) electrons. The van der Waals surface area contributed by atoms with Gasteiger partial charge in [-0.3, -0.25) is 0 Å². The monoisotopic (exact) mass is 412 g/mol. The zero-order chi connectivity index (χ0) is 17.8. The van der Waals surface area contributed by atoms with E-state index < -0.39 is 0 Å². The van der Waals surface area contributed by atoms with Gasteiger partial charge in [-0.2, -0.15) is 0 Å². The summed E-state index contributed by atoms with van der Waals surface area (Å²) in [5.41, 5.74) is 3.41. The number of halogens is 1. The minimum atomic E-state index is 0.660. The number of nitrogens with one attached hydrogen (secondary N) is 1. The highest BCUT2D eigenvalue weighted by Gasteiger charge is 2.11. The molecule has 1 saturated heterocycles. The van der Waals surface area contributed by atoms with Gasteiger partial charge >= 0.3 is 0 Å². The summed E-state index contributed by atoms with van der Waals surface area (Å²) in [7, 11) is 0. The summed E-state index contributed by atoms with van der Waals surface area (Å²) in [6.07, 6.45) is 0.